The molecule has 0 aliphatic heterocycles. The van der Waals surface area contributed by atoms with Crippen molar-refractivity contribution < 1.29 is 14.6 Å². The lowest BCUT2D eigenvalue weighted by Crippen LogP contribution is -2.24. The van der Waals surface area contributed by atoms with E-state index in [1.165, 1.54) is 0 Å². The zero-order valence-electron chi connectivity index (χ0n) is 16.7. The van der Waals surface area contributed by atoms with Crippen LogP contribution in [0.15, 0.2) is 42.6 Å². The maximum absolute atomic E-state index is 11.1. The molecule has 1 aromatic heterocycles. The van der Waals surface area contributed by atoms with Crippen molar-refractivity contribution >= 4 is 17.4 Å². The SMILES string of the molecule is CC(C)Oc1ccc(-c2cnc(-c3cccc4c3CCC4NC(=O)O)s2)cc1C#N. The molecule has 1 atom stereocenters. The number of hydrogen-bond acceptors (Lipinski definition) is 5. The van der Waals surface area contributed by atoms with E-state index < -0.39 is 6.09 Å². The normalized spacial score (nSPS) is 14.9. The van der Waals surface area contributed by atoms with Crippen LogP contribution < -0.4 is 10.1 Å². The van der Waals surface area contributed by atoms with Crippen LogP contribution in [-0.4, -0.2) is 22.3 Å². The number of carboxylic acid groups (broad SMARTS) is 1. The number of nitriles is 1. The highest BCUT2D eigenvalue weighted by Crippen LogP contribution is 2.41. The van der Waals surface area contributed by atoms with Gasteiger partial charge in [0.05, 0.1) is 22.6 Å². The lowest BCUT2D eigenvalue weighted by Gasteiger charge is -2.12. The highest BCUT2D eigenvalue weighted by atomic mass is 32.1. The third-order valence-corrected chi connectivity index (χ3v) is 6.13. The van der Waals surface area contributed by atoms with Crippen LogP contribution in [0.2, 0.25) is 0 Å². The molecule has 0 saturated heterocycles. The molecule has 0 radical (unpaired) electrons. The summed E-state index contributed by atoms with van der Waals surface area (Å²) in [6.07, 6.45) is 2.37. The van der Waals surface area contributed by atoms with E-state index in [9.17, 15) is 10.1 Å². The second-order valence-electron chi connectivity index (χ2n) is 7.43. The molecule has 7 heteroatoms. The quantitative estimate of drug-likeness (QED) is 0.578. The molecule has 1 amide bonds. The predicted molar refractivity (Wildman–Crippen MR) is 116 cm³/mol. The summed E-state index contributed by atoms with van der Waals surface area (Å²) in [5.74, 6) is 0.582. The first kappa shape index (κ1) is 19.9. The van der Waals surface area contributed by atoms with E-state index in [1.54, 1.807) is 11.3 Å². The number of hydrogen-bond donors (Lipinski definition) is 2. The van der Waals surface area contributed by atoms with Crippen LogP contribution in [0.5, 0.6) is 5.75 Å². The van der Waals surface area contributed by atoms with E-state index >= 15 is 0 Å². The van der Waals surface area contributed by atoms with Crippen LogP contribution in [-0.2, 0) is 6.42 Å². The van der Waals surface area contributed by atoms with Gasteiger partial charge < -0.3 is 15.2 Å². The number of thiazole rings is 1. The number of aromatic nitrogens is 1. The number of ether oxygens (including phenoxy) is 1. The van der Waals surface area contributed by atoms with Crippen molar-refractivity contribution in [3.8, 4) is 32.8 Å². The van der Waals surface area contributed by atoms with Gasteiger partial charge in [0.2, 0.25) is 0 Å². The monoisotopic (exact) mass is 419 g/mol. The Morgan fingerprint density at radius 2 is 2.20 bits per heavy atom. The summed E-state index contributed by atoms with van der Waals surface area (Å²) < 4.78 is 5.71. The van der Waals surface area contributed by atoms with E-state index in [0.717, 1.165) is 45.0 Å². The minimum absolute atomic E-state index is 0.00224. The number of carbonyl (C=O) groups is 1. The first-order valence-corrected chi connectivity index (χ1v) is 10.6. The predicted octanol–water partition coefficient (Wildman–Crippen LogP) is 5.39. The largest absolute Gasteiger partial charge is 0.490 e. The number of nitrogens with zero attached hydrogens (tertiary/aromatic N) is 2. The molecule has 1 aliphatic rings. The molecule has 3 aromatic rings. The standard InChI is InChI=1S/C23H21N3O3S/c1-13(2)29-20-9-6-14(10-15(20)11-24)21-12-25-22(30-21)18-5-3-4-17-16(18)7-8-19(17)26-23(27)28/h3-6,9-10,12-13,19,26H,7-8H2,1-2H3,(H,27,28). The van der Waals surface area contributed by atoms with Crippen LogP contribution in [0.3, 0.4) is 0 Å². The summed E-state index contributed by atoms with van der Waals surface area (Å²) in [6.45, 7) is 3.86. The molecule has 1 heterocycles. The Kier molecular flexibility index (Phi) is 5.42. The molecule has 6 nitrogen and oxygen atoms in total. The van der Waals surface area contributed by atoms with Crippen molar-refractivity contribution in [2.24, 2.45) is 0 Å². The summed E-state index contributed by atoms with van der Waals surface area (Å²) in [6, 6.07) is 13.6. The molecule has 0 fully saturated rings. The van der Waals surface area contributed by atoms with Gasteiger partial charge in [-0.1, -0.05) is 18.2 Å². The van der Waals surface area contributed by atoms with Gasteiger partial charge in [-0.2, -0.15) is 5.26 Å². The molecule has 152 valence electrons. The summed E-state index contributed by atoms with van der Waals surface area (Å²) >= 11 is 1.56. The fourth-order valence-electron chi connectivity index (χ4n) is 3.81. The van der Waals surface area contributed by atoms with Gasteiger partial charge >= 0.3 is 6.09 Å². The number of fused-ring (bicyclic) bond motifs is 1. The minimum Gasteiger partial charge on any atom is -0.490 e. The highest BCUT2D eigenvalue weighted by molar-refractivity contribution is 7.18. The molecule has 0 saturated carbocycles. The van der Waals surface area contributed by atoms with Crippen molar-refractivity contribution in [2.45, 2.75) is 38.8 Å². The lowest BCUT2D eigenvalue weighted by molar-refractivity contribution is 0.190. The number of amides is 1. The number of nitrogens with one attached hydrogen (secondary N) is 1. The molecule has 1 aliphatic carbocycles. The molecular weight excluding hydrogens is 398 g/mol. The van der Waals surface area contributed by atoms with Crippen LogP contribution in [0.1, 0.15) is 43.0 Å². The summed E-state index contributed by atoms with van der Waals surface area (Å²) in [7, 11) is 0. The second kappa shape index (κ2) is 8.17. The third kappa shape index (κ3) is 3.87. The van der Waals surface area contributed by atoms with Crippen molar-refractivity contribution in [3.05, 3.63) is 59.3 Å². The fourth-order valence-corrected chi connectivity index (χ4v) is 4.78. The van der Waals surface area contributed by atoms with Crippen LogP contribution in [0.25, 0.3) is 21.0 Å². The van der Waals surface area contributed by atoms with Crippen LogP contribution >= 0.6 is 11.3 Å². The van der Waals surface area contributed by atoms with E-state index in [1.807, 2.05) is 56.4 Å². The third-order valence-electron chi connectivity index (χ3n) is 5.05. The van der Waals surface area contributed by atoms with Crippen LogP contribution in [0.4, 0.5) is 4.79 Å². The Labute approximate surface area is 178 Å². The maximum atomic E-state index is 11.1. The molecule has 1 unspecified atom stereocenters. The zero-order chi connectivity index (χ0) is 21.3. The molecule has 2 aromatic carbocycles. The summed E-state index contributed by atoms with van der Waals surface area (Å²) in [5, 5.41) is 22.0. The minimum atomic E-state index is -1.01. The fraction of sp³-hybridized carbons (Fsp3) is 0.261. The van der Waals surface area contributed by atoms with Gasteiger partial charge in [-0.15, -0.1) is 11.3 Å². The molecule has 0 bridgehead atoms. The summed E-state index contributed by atoms with van der Waals surface area (Å²) in [4.78, 5) is 16.6. The lowest BCUT2D eigenvalue weighted by atomic mass is 10.0. The van der Waals surface area contributed by atoms with Crippen LogP contribution in [0, 0.1) is 11.3 Å². The van der Waals surface area contributed by atoms with E-state index in [-0.39, 0.29) is 12.1 Å². The molecule has 30 heavy (non-hydrogen) atoms. The van der Waals surface area contributed by atoms with Gasteiger partial charge in [0.25, 0.3) is 0 Å². The Hall–Kier alpha value is -3.37. The van der Waals surface area contributed by atoms with E-state index in [4.69, 9.17) is 9.84 Å². The van der Waals surface area contributed by atoms with Gasteiger partial charge in [-0.25, -0.2) is 9.78 Å². The number of benzene rings is 2. The molecule has 2 N–H and O–H groups in total. The van der Waals surface area contributed by atoms with Crippen molar-refractivity contribution in [1.82, 2.24) is 10.3 Å². The van der Waals surface area contributed by atoms with Gasteiger partial charge in [-0.3, -0.25) is 0 Å². The van der Waals surface area contributed by atoms with Gasteiger partial charge in [-0.05, 0) is 61.6 Å². The zero-order valence-corrected chi connectivity index (χ0v) is 17.5. The smallest absolute Gasteiger partial charge is 0.405 e. The first-order chi connectivity index (χ1) is 14.5. The Balaban J connectivity index is 1.66. The average Bonchev–Trinajstić information content (AvgIpc) is 3.35. The Morgan fingerprint density at radius 3 is 2.93 bits per heavy atom. The molecular formula is C23H21N3O3S. The van der Waals surface area contributed by atoms with Gasteiger partial charge in [0, 0.05) is 11.8 Å². The first-order valence-electron chi connectivity index (χ1n) is 9.75. The van der Waals surface area contributed by atoms with Crippen molar-refractivity contribution in [2.75, 3.05) is 0 Å². The van der Waals surface area contributed by atoms with Crippen molar-refractivity contribution in [1.29, 1.82) is 5.26 Å². The van der Waals surface area contributed by atoms with Crippen molar-refractivity contribution in [3.63, 3.8) is 0 Å². The van der Waals surface area contributed by atoms with Gasteiger partial charge in [0.15, 0.2) is 0 Å². The Morgan fingerprint density at radius 1 is 1.37 bits per heavy atom. The van der Waals surface area contributed by atoms with E-state index in [2.05, 4.69) is 16.4 Å². The second-order valence-corrected chi connectivity index (χ2v) is 8.46. The average molecular weight is 420 g/mol. The Bertz CT molecular complexity index is 1150. The topological polar surface area (TPSA) is 95.2 Å². The number of rotatable bonds is 5. The van der Waals surface area contributed by atoms with E-state index in [0.29, 0.717) is 11.3 Å². The molecule has 4 rings (SSSR count). The molecule has 0 spiro atoms. The maximum Gasteiger partial charge on any atom is 0.405 e. The highest BCUT2D eigenvalue weighted by Gasteiger charge is 2.27. The summed E-state index contributed by atoms with van der Waals surface area (Å²) in [5.41, 5.74) is 4.63. The van der Waals surface area contributed by atoms with Gasteiger partial charge in [0.1, 0.15) is 16.8 Å².